The first-order valence-corrected chi connectivity index (χ1v) is 27.1. The number of allylic oxidation sites excluding steroid dienone is 2. The Bertz CT molecular complexity index is 2040. The molecule has 0 radical (unpaired) electrons. The summed E-state index contributed by atoms with van der Waals surface area (Å²) in [5.41, 5.74) is -0.843. The Labute approximate surface area is 433 Å². The molecule has 4 heterocycles. The first-order chi connectivity index (χ1) is 34.6. The maximum atomic E-state index is 14.8. The lowest BCUT2D eigenvalue weighted by Crippen LogP contribution is -2.66. The van der Waals surface area contributed by atoms with Crippen molar-refractivity contribution < 1.29 is 104 Å². The second kappa shape index (κ2) is 20.5. The van der Waals surface area contributed by atoms with Crippen molar-refractivity contribution in [3.63, 3.8) is 0 Å². The van der Waals surface area contributed by atoms with Gasteiger partial charge in [-0.2, -0.15) is 0 Å². The zero-order chi connectivity index (χ0) is 54.0. The summed E-state index contributed by atoms with van der Waals surface area (Å²) in [5.74, 6) is -0.274. The predicted octanol–water partition coefficient (Wildman–Crippen LogP) is -0.369. The molecule has 0 bridgehead atoms. The Hall–Kier alpha value is -1.55. The second-order valence-corrected chi connectivity index (χ2v) is 25.8. The van der Waals surface area contributed by atoms with Gasteiger partial charge in [-0.25, -0.2) is 0 Å². The molecular formula is C53H86O21. The summed E-state index contributed by atoms with van der Waals surface area (Å²) in [7, 11) is 0. The standard InChI is InChI=1S/C53H86O21/c1-23-32(56)36(60)39(63)43(68-23)73-42-35(59)28(71-44-40(64)37(61)33(57)26(20-54)69-44)22-67-46(42)72-31-12-13-50(6)29(49(31,4)5)11-14-52(8)30(50)10-9-24-25-19-48(2,3)15-17-53(25,18-16-51(24,52)7)47(66)74-45-41(65)38(62)34(58)27(21-55)70-45/h9,23,25-46,54-65H,10-22H2,1-8H3. The summed E-state index contributed by atoms with van der Waals surface area (Å²) in [6.45, 7) is 15.9. The molecule has 0 aromatic rings. The van der Waals surface area contributed by atoms with E-state index in [0.717, 1.165) is 44.9 Å². The Balaban J connectivity index is 0.953. The molecule has 8 fully saturated rings. The SMILES string of the molecule is CC1OC(OC2C(OC3CCC4(C)C(CCC5(C)C4CC=C4C6CC(C)(C)CCC6(C(=O)OC6OC(CO)C(O)C(O)C6O)CCC45C)C3(C)C)OCC(OC3OC(CO)C(O)C(O)C3O)C2O)C(O)C(O)C1O. The molecule has 27 unspecified atom stereocenters. The van der Waals surface area contributed by atoms with E-state index in [2.05, 4.69) is 54.5 Å². The van der Waals surface area contributed by atoms with Crippen molar-refractivity contribution in [2.45, 2.75) is 242 Å². The Kier molecular flexibility index (Phi) is 15.8. The number of fused-ring (bicyclic) bond motifs is 7. The molecule has 4 aliphatic heterocycles. The van der Waals surface area contributed by atoms with Gasteiger partial charge in [-0.05, 0) is 116 Å². The smallest absolute Gasteiger partial charge is 0.315 e. The first kappa shape index (κ1) is 57.1. The fourth-order valence-corrected chi connectivity index (χ4v) is 16.1. The minimum atomic E-state index is -1.78. The third-order valence-corrected chi connectivity index (χ3v) is 21.0. The van der Waals surface area contributed by atoms with Crippen LogP contribution in [0.3, 0.4) is 0 Å². The third-order valence-electron chi connectivity index (χ3n) is 21.0. The molecular weight excluding hydrogens is 973 g/mol. The van der Waals surface area contributed by atoms with E-state index in [0.29, 0.717) is 19.3 Å². The van der Waals surface area contributed by atoms with Crippen LogP contribution in [0.2, 0.25) is 0 Å². The number of carbonyl (C=O) groups is 1. The van der Waals surface area contributed by atoms with Gasteiger partial charge in [0.1, 0.15) is 85.5 Å². The minimum absolute atomic E-state index is 0.0771. The number of ether oxygens (including phenoxy) is 8. The van der Waals surface area contributed by atoms with Gasteiger partial charge in [0.25, 0.3) is 0 Å². The van der Waals surface area contributed by atoms with Crippen LogP contribution in [0.1, 0.15) is 120 Å². The van der Waals surface area contributed by atoms with E-state index in [-0.39, 0.29) is 46.0 Å². The highest BCUT2D eigenvalue weighted by Crippen LogP contribution is 2.76. The van der Waals surface area contributed by atoms with E-state index < -0.39 is 153 Å². The van der Waals surface area contributed by atoms with Crippen LogP contribution >= 0.6 is 0 Å². The van der Waals surface area contributed by atoms with E-state index >= 15 is 0 Å². The minimum Gasteiger partial charge on any atom is -0.432 e. The van der Waals surface area contributed by atoms with Crippen molar-refractivity contribution in [3.8, 4) is 0 Å². The Morgan fingerprint density at radius 2 is 1.19 bits per heavy atom. The van der Waals surface area contributed by atoms with Crippen molar-refractivity contribution in [3.05, 3.63) is 11.6 Å². The quantitative estimate of drug-likeness (QED) is 0.0755. The average Bonchev–Trinajstić information content (AvgIpc) is 3.35. The zero-order valence-electron chi connectivity index (χ0n) is 44.1. The molecule has 424 valence electrons. The van der Waals surface area contributed by atoms with Gasteiger partial charge in [0.15, 0.2) is 18.9 Å². The number of hydrogen-bond donors (Lipinski definition) is 12. The van der Waals surface area contributed by atoms with Crippen molar-refractivity contribution in [1.82, 2.24) is 0 Å². The van der Waals surface area contributed by atoms with Gasteiger partial charge in [0.05, 0.1) is 37.4 Å². The summed E-state index contributed by atoms with van der Waals surface area (Å²) in [6.07, 6.45) is -19.6. The molecule has 21 heteroatoms. The number of esters is 1. The van der Waals surface area contributed by atoms with Crippen molar-refractivity contribution >= 4 is 5.97 Å². The predicted molar refractivity (Wildman–Crippen MR) is 255 cm³/mol. The van der Waals surface area contributed by atoms with Crippen LogP contribution in [-0.2, 0) is 42.7 Å². The molecule has 9 aliphatic rings. The van der Waals surface area contributed by atoms with Gasteiger partial charge in [-0.15, -0.1) is 0 Å². The summed E-state index contributed by atoms with van der Waals surface area (Å²) < 4.78 is 48.6. The lowest BCUT2D eigenvalue weighted by molar-refractivity contribution is -0.380. The Morgan fingerprint density at radius 3 is 1.82 bits per heavy atom. The molecule has 0 amide bonds. The highest BCUT2D eigenvalue weighted by atomic mass is 16.8. The lowest BCUT2D eigenvalue weighted by atomic mass is 9.33. The summed E-state index contributed by atoms with van der Waals surface area (Å²) in [6, 6.07) is 0. The molecule has 4 saturated heterocycles. The summed E-state index contributed by atoms with van der Waals surface area (Å²) >= 11 is 0. The van der Waals surface area contributed by atoms with Gasteiger partial charge in [0, 0.05) is 0 Å². The van der Waals surface area contributed by atoms with Crippen LogP contribution < -0.4 is 0 Å². The maximum absolute atomic E-state index is 14.8. The molecule has 0 aromatic heterocycles. The zero-order valence-corrected chi connectivity index (χ0v) is 44.1. The number of aliphatic hydroxyl groups excluding tert-OH is 12. The molecule has 0 spiro atoms. The molecule has 0 aromatic carbocycles. The van der Waals surface area contributed by atoms with Gasteiger partial charge in [-0.3, -0.25) is 4.79 Å². The molecule has 4 saturated carbocycles. The lowest BCUT2D eigenvalue weighted by Gasteiger charge is -2.71. The van der Waals surface area contributed by atoms with Crippen molar-refractivity contribution in [2.75, 3.05) is 19.8 Å². The van der Waals surface area contributed by atoms with Crippen LogP contribution in [0.5, 0.6) is 0 Å². The molecule has 27 atom stereocenters. The largest absolute Gasteiger partial charge is 0.432 e. The molecule has 21 nitrogen and oxygen atoms in total. The average molecular weight is 1060 g/mol. The van der Waals surface area contributed by atoms with E-state index in [4.69, 9.17) is 37.9 Å². The second-order valence-electron chi connectivity index (χ2n) is 25.8. The summed E-state index contributed by atoms with van der Waals surface area (Å²) in [5, 5.41) is 127. The number of carbonyl (C=O) groups excluding carboxylic acids is 1. The topological polar surface area (TPSA) is 334 Å². The van der Waals surface area contributed by atoms with Gasteiger partial charge in [-0.1, -0.05) is 60.1 Å². The van der Waals surface area contributed by atoms with E-state index in [1.807, 2.05) is 0 Å². The molecule has 12 N–H and O–H groups in total. The number of rotatable bonds is 10. The highest BCUT2D eigenvalue weighted by molar-refractivity contribution is 5.79. The monoisotopic (exact) mass is 1060 g/mol. The molecule has 5 aliphatic carbocycles. The van der Waals surface area contributed by atoms with Crippen molar-refractivity contribution in [2.24, 2.45) is 50.2 Å². The van der Waals surface area contributed by atoms with E-state index in [1.54, 1.807) is 0 Å². The third kappa shape index (κ3) is 9.17. The van der Waals surface area contributed by atoms with E-state index in [9.17, 15) is 66.1 Å². The van der Waals surface area contributed by atoms with Gasteiger partial charge >= 0.3 is 5.97 Å². The molecule has 9 rings (SSSR count). The Morgan fingerprint density at radius 1 is 0.608 bits per heavy atom. The highest BCUT2D eigenvalue weighted by Gasteiger charge is 2.70. The fraction of sp³-hybridized carbons (Fsp3) is 0.943. The van der Waals surface area contributed by atoms with Crippen molar-refractivity contribution in [1.29, 1.82) is 0 Å². The fourth-order valence-electron chi connectivity index (χ4n) is 16.1. The van der Waals surface area contributed by atoms with Gasteiger partial charge in [0.2, 0.25) is 6.29 Å². The van der Waals surface area contributed by atoms with Crippen LogP contribution in [0.4, 0.5) is 0 Å². The molecule has 74 heavy (non-hydrogen) atoms. The number of aliphatic hydroxyl groups is 12. The summed E-state index contributed by atoms with van der Waals surface area (Å²) in [4.78, 5) is 14.8. The first-order valence-electron chi connectivity index (χ1n) is 27.1. The van der Waals surface area contributed by atoms with E-state index in [1.165, 1.54) is 12.5 Å². The number of hydrogen-bond acceptors (Lipinski definition) is 21. The normalized spacial score (nSPS) is 54.1. The maximum Gasteiger partial charge on any atom is 0.315 e. The van der Waals surface area contributed by atoms with Crippen LogP contribution in [-0.4, -0.2) is 210 Å². The van der Waals surface area contributed by atoms with Crippen LogP contribution in [0.15, 0.2) is 11.6 Å². The van der Waals surface area contributed by atoms with Gasteiger partial charge < -0.3 is 99.2 Å². The van der Waals surface area contributed by atoms with Crippen LogP contribution in [0, 0.1) is 50.2 Å². The van der Waals surface area contributed by atoms with Crippen LogP contribution in [0.25, 0.3) is 0 Å².